The maximum absolute atomic E-state index is 12.6. The lowest BCUT2D eigenvalue weighted by molar-refractivity contribution is -0.140. The number of nitrogens with two attached hydrogens (primary N) is 1. The van der Waals surface area contributed by atoms with Crippen molar-refractivity contribution in [1.82, 2.24) is 4.90 Å². The minimum absolute atomic E-state index is 0.222. The van der Waals surface area contributed by atoms with Gasteiger partial charge in [-0.25, -0.2) is 0 Å². The van der Waals surface area contributed by atoms with Crippen LogP contribution in [0.2, 0.25) is 0 Å². The molecule has 1 amide bonds. The molecule has 3 heteroatoms. The van der Waals surface area contributed by atoms with Gasteiger partial charge in [0.25, 0.3) is 0 Å². The van der Waals surface area contributed by atoms with Crippen molar-refractivity contribution in [3.05, 3.63) is 0 Å². The smallest absolute Gasteiger partial charge is 0.242 e. The molecular formula is C16H30N2O. The van der Waals surface area contributed by atoms with Gasteiger partial charge in [-0.2, -0.15) is 0 Å². The van der Waals surface area contributed by atoms with Gasteiger partial charge in [-0.1, -0.05) is 40.0 Å². The molecular weight excluding hydrogens is 236 g/mol. The summed E-state index contributed by atoms with van der Waals surface area (Å²) in [7, 11) is 0. The summed E-state index contributed by atoms with van der Waals surface area (Å²) < 4.78 is 0. The summed E-state index contributed by atoms with van der Waals surface area (Å²) in [5.41, 5.74) is 6.18. The van der Waals surface area contributed by atoms with Gasteiger partial charge in [0, 0.05) is 13.1 Å². The predicted octanol–water partition coefficient (Wildman–Crippen LogP) is 2.93. The van der Waals surface area contributed by atoms with Crippen LogP contribution in [0.15, 0.2) is 0 Å². The van der Waals surface area contributed by atoms with Crippen molar-refractivity contribution >= 4 is 5.91 Å². The Bertz CT molecular complexity index is 318. The lowest BCUT2D eigenvalue weighted by atomic mass is 9.74. The molecule has 2 N–H and O–H groups in total. The third kappa shape index (κ3) is 3.31. The molecule has 0 aromatic carbocycles. The Morgan fingerprint density at radius 1 is 1.11 bits per heavy atom. The molecule has 1 saturated heterocycles. The SMILES string of the molecule is CC(C)(C)C1CCN(C(=O)C2(N)CCCCC2)CC1. The first kappa shape index (κ1) is 14.8. The Morgan fingerprint density at radius 3 is 2.11 bits per heavy atom. The van der Waals surface area contributed by atoms with E-state index >= 15 is 0 Å². The molecule has 1 aliphatic carbocycles. The molecule has 0 radical (unpaired) electrons. The number of rotatable bonds is 1. The van der Waals surface area contributed by atoms with E-state index < -0.39 is 5.54 Å². The zero-order chi connectivity index (χ0) is 14.1. The second-order valence-electron chi connectivity index (χ2n) is 7.65. The van der Waals surface area contributed by atoms with E-state index in [1.807, 2.05) is 4.90 Å². The summed E-state index contributed by atoms with van der Waals surface area (Å²) >= 11 is 0. The molecule has 19 heavy (non-hydrogen) atoms. The van der Waals surface area contributed by atoms with Crippen LogP contribution in [0.25, 0.3) is 0 Å². The molecule has 1 saturated carbocycles. The number of hydrogen-bond donors (Lipinski definition) is 1. The van der Waals surface area contributed by atoms with Crippen LogP contribution in [0.3, 0.4) is 0 Å². The maximum atomic E-state index is 12.6. The van der Waals surface area contributed by atoms with E-state index in [4.69, 9.17) is 5.73 Å². The molecule has 0 aromatic heterocycles. The lowest BCUT2D eigenvalue weighted by Gasteiger charge is -2.42. The summed E-state index contributed by atoms with van der Waals surface area (Å²) in [5.74, 6) is 0.955. The molecule has 0 aromatic rings. The Kier molecular flexibility index (Phi) is 4.24. The number of amides is 1. The Labute approximate surface area is 117 Å². The molecule has 0 bridgehead atoms. The molecule has 0 atom stereocenters. The summed E-state index contributed by atoms with van der Waals surface area (Å²) in [4.78, 5) is 14.7. The van der Waals surface area contributed by atoms with Gasteiger partial charge in [0.05, 0.1) is 5.54 Å². The number of hydrogen-bond acceptors (Lipinski definition) is 2. The number of nitrogens with zero attached hydrogens (tertiary/aromatic N) is 1. The van der Waals surface area contributed by atoms with Crippen molar-refractivity contribution in [2.45, 2.75) is 71.3 Å². The minimum Gasteiger partial charge on any atom is -0.341 e. The maximum Gasteiger partial charge on any atom is 0.242 e. The van der Waals surface area contributed by atoms with E-state index in [1.54, 1.807) is 0 Å². The van der Waals surface area contributed by atoms with E-state index in [0.29, 0.717) is 5.41 Å². The summed E-state index contributed by atoms with van der Waals surface area (Å²) in [6, 6.07) is 0. The Hall–Kier alpha value is -0.570. The summed E-state index contributed by atoms with van der Waals surface area (Å²) in [6.45, 7) is 8.72. The number of likely N-dealkylation sites (tertiary alicyclic amines) is 1. The lowest BCUT2D eigenvalue weighted by Crippen LogP contribution is -2.58. The van der Waals surface area contributed by atoms with Gasteiger partial charge < -0.3 is 10.6 Å². The van der Waals surface area contributed by atoms with E-state index in [-0.39, 0.29) is 5.91 Å². The molecule has 0 spiro atoms. The van der Waals surface area contributed by atoms with Crippen LogP contribution < -0.4 is 5.73 Å². The van der Waals surface area contributed by atoms with Crippen LogP contribution >= 0.6 is 0 Å². The molecule has 0 unspecified atom stereocenters. The van der Waals surface area contributed by atoms with Gasteiger partial charge in [-0.15, -0.1) is 0 Å². The minimum atomic E-state index is -0.549. The van der Waals surface area contributed by atoms with Gasteiger partial charge in [-0.3, -0.25) is 4.79 Å². The van der Waals surface area contributed by atoms with Crippen molar-refractivity contribution < 1.29 is 4.79 Å². The standard InChI is InChI=1S/C16H30N2O/c1-15(2,3)13-7-11-18(12-8-13)14(19)16(17)9-5-4-6-10-16/h13H,4-12,17H2,1-3H3. The fourth-order valence-electron chi connectivity index (χ4n) is 3.66. The third-order valence-electron chi connectivity index (χ3n) is 5.18. The molecule has 3 nitrogen and oxygen atoms in total. The normalized spacial score (nSPS) is 25.4. The quantitative estimate of drug-likeness (QED) is 0.793. The van der Waals surface area contributed by atoms with Gasteiger partial charge in [0.1, 0.15) is 0 Å². The summed E-state index contributed by atoms with van der Waals surface area (Å²) in [6.07, 6.45) is 7.48. The zero-order valence-electron chi connectivity index (χ0n) is 12.9. The zero-order valence-corrected chi connectivity index (χ0v) is 12.9. The average Bonchev–Trinajstić information content (AvgIpc) is 2.38. The highest BCUT2D eigenvalue weighted by molar-refractivity contribution is 5.86. The van der Waals surface area contributed by atoms with Crippen LogP contribution in [-0.2, 0) is 4.79 Å². The van der Waals surface area contributed by atoms with Crippen LogP contribution in [0.1, 0.15) is 65.7 Å². The van der Waals surface area contributed by atoms with Crippen molar-refractivity contribution in [3.8, 4) is 0 Å². The number of carbonyl (C=O) groups is 1. The van der Waals surface area contributed by atoms with E-state index in [2.05, 4.69) is 20.8 Å². The highest BCUT2D eigenvalue weighted by atomic mass is 16.2. The molecule has 2 aliphatic rings. The van der Waals surface area contributed by atoms with Gasteiger partial charge in [0.2, 0.25) is 5.91 Å². The fraction of sp³-hybridized carbons (Fsp3) is 0.938. The Balaban J connectivity index is 1.92. The highest BCUT2D eigenvalue weighted by Gasteiger charge is 2.40. The van der Waals surface area contributed by atoms with Crippen LogP contribution in [0.4, 0.5) is 0 Å². The van der Waals surface area contributed by atoms with Crippen molar-refractivity contribution in [2.75, 3.05) is 13.1 Å². The first-order valence-corrected chi connectivity index (χ1v) is 7.91. The fourth-order valence-corrected chi connectivity index (χ4v) is 3.66. The highest BCUT2D eigenvalue weighted by Crippen LogP contribution is 2.35. The van der Waals surface area contributed by atoms with Crippen LogP contribution in [-0.4, -0.2) is 29.4 Å². The topological polar surface area (TPSA) is 46.3 Å². The van der Waals surface area contributed by atoms with Crippen molar-refractivity contribution in [1.29, 1.82) is 0 Å². The van der Waals surface area contributed by atoms with Crippen molar-refractivity contribution in [2.24, 2.45) is 17.1 Å². The molecule has 2 fully saturated rings. The Morgan fingerprint density at radius 2 is 1.63 bits per heavy atom. The second kappa shape index (κ2) is 5.43. The average molecular weight is 266 g/mol. The van der Waals surface area contributed by atoms with Crippen LogP contribution in [0.5, 0.6) is 0 Å². The molecule has 110 valence electrons. The molecule has 1 heterocycles. The van der Waals surface area contributed by atoms with E-state index in [1.165, 1.54) is 6.42 Å². The van der Waals surface area contributed by atoms with Crippen molar-refractivity contribution in [3.63, 3.8) is 0 Å². The molecule has 1 aliphatic heterocycles. The monoisotopic (exact) mass is 266 g/mol. The van der Waals surface area contributed by atoms with Gasteiger partial charge >= 0.3 is 0 Å². The van der Waals surface area contributed by atoms with E-state index in [0.717, 1.165) is 57.5 Å². The molecule has 2 rings (SSSR count). The van der Waals surface area contributed by atoms with Gasteiger partial charge in [0.15, 0.2) is 0 Å². The van der Waals surface area contributed by atoms with Gasteiger partial charge in [-0.05, 0) is 37.0 Å². The van der Waals surface area contributed by atoms with E-state index in [9.17, 15) is 4.79 Å². The third-order valence-corrected chi connectivity index (χ3v) is 5.18. The first-order chi connectivity index (χ1) is 8.83. The predicted molar refractivity (Wildman–Crippen MR) is 78.8 cm³/mol. The summed E-state index contributed by atoms with van der Waals surface area (Å²) in [5, 5.41) is 0. The number of piperidine rings is 1. The number of carbonyl (C=O) groups excluding carboxylic acids is 1. The first-order valence-electron chi connectivity index (χ1n) is 7.91. The largest absolute Gasteiger partial charge is 0.341 e. The second-order valence-corrected chi connectivity index (χ2v) is 7.65. The van der Waals surface area contributed by atoms with Crippen LogP contribution in [0, 0.1) is 11.3 Å².